The molecule has 0 spiro atoms. The number of likely N-dealkylation sites (tertiary alicyclic amines) is 1. The standard InChI is InChI=1S/C12H22F2N2O/c1-2-16-7-5-11(17,6-8-16)10(15)3-4-12(13,14)9-10/h17H,2-9,15H2,1H3. The van der Waals surface area contributed by atoms with Gasteiger partial charge < -0.3 is 15.7 Å². The maximum atomic E-state index is 13.3. The number of rotatable bonds is 2. The highest BCUT2D eigenvalue weighted by Crippen LogP contribution is 2.48. The lowest BCUT2D eigenvalue weighted by molar-refractivity contribution is -0.0914. The minimum atomic E-state index is -2.70. The molecular formula is C12H22F2N2O. The molecule has 1 atom stereocenters. The molecule has 2 fully saturated rings. The van der Waals surface area contributed by atoms with Gasteiger partial charge >= 0.3 is 0 Å². The van der Waals surface area contributed by atoms with Crippen LogP contribution in [0.25, 0.3) is 0 Å². The second-order valence-corrected chi connectivity index (χ2v) is 5.65. The molecule has 1 aliphatic carbocycles. The van der Waals surface area contributed by atoms with Gasteiger partial charge in [-0.1, -0.05) is 6.92 Å². The molecule has 3 N–H and O–H groups in total. The van der Waals surface area contributed by atoms with Gasteiger partial charge in [-0.05, 0) is 25.8 Å². The summed E-state index contributed by atoms with van der Waals surface area (Å²) in [6.07, 6.45) is 0.676. The van der Waals surface area contributed by atoms with Gasteiger partial charge in [-0.2, -0.15) is 0 Å². The molecule has 0 radical (unpaired) electrons. The lowest BCUT2D eigenvalue weighted by Crippen LogP contribution is -2.63. The van der Waals surface area contributed by atoms with Crippen molar-refractivity contribution in [2.45, 2.75) is 56.1 Å². The Morgan fingerprint density at radius 1 is 1.18 bits per heavy atom. The van der Waals surface area contributed by atoms with E-state index in [0.29, 0.717) is 12.8 Å². The van der Waals surface area contributed by atoms with Crippen LogP contribution >= 0.6 is 0 Å². The Bertz CT molecular complexity index is 290. The molecule has 3 nitrogen and oxygen atoms in total. The van der Waals surface area contributed by atoms with Gasteiger partial charge in [0, 0.05) is 25.9 Å². The molecule has 1 heterocycles. The van der Waals surface area contributed by atoms with Gasteiger partial charge in [-0.3, -0.25) is 0 Å². The molecule has 2 aliphatic rings. The zero-order valence-electron chi connectivity index (χ0n) is 10.4. The van der Waals surface area contributed by atoms with Gasteiger partial charge in [0.15, 0.2) is 0 Å². The predicted octanol–water partition coefficient (Wildman–Crippen LogP) is 1.35. The van der Waals surface area contributed by atoms with Crippen molar-refractivity contribution in [3.8, 4) is 0 Å². The number of piperidine rings is 1. The van der Waals surface area contributed by atoms with Crippen molar-refractivity contribution >= 4 is 0 Å². The maximum Gasteiger partial charge on any atom is 0.250 e. The monoisotopic (exact) mass is 248 g/mol. The molecule has 1 saturated heterocycles. The van der Waals surface area contributed by atoms with Crippen molar-refractivity contribution in [1.82, 2.24) is 4.90 Å². The second-order valence-electron chi connectivity index (χ2n) is 5.65. The Labute approximate surface area is 101 Å². The van der Waals surface area contributed by atoms with Crippen molar-refractivity contribution in [2.75, 3.05) is 19.6 Å². The van der Waals surface area contributed by atoms with Gasteiger partial charge in [0.1, 0.15) is 0 Å². The van der Waals surface area contributed by atoms with E-state index < -0.39 is 17.1 Å². The van der Waals surface area contributed by atoms with E-state index in [-0.39, 0.29) is 19.3 Å². The normalized spacial score (nSPS) is 37.2. The van der Waals surface area contributed by atoms with Crippen molar-refractivity contribution < 1.29 is 13.9 Å². The summed E-state index contributed by atoms with van der Waals surface area (Å²) in [5.41, 5.74) is 3.87. The fraction of sp³-hybridized carbons (Fsp3) is 1.00. The predicted molar refractivity (Wildman–Crippen MR) is 62.0 cm³/mol. The fourth-order valence-corrected chi connectivity index (χ4v) is 3.18. The molecule has 0 aromatic heterocycles. The minimum absolute atomic E-state index is 0.191. The van der Waals surface area contributed by atoms with Crippen LogP contribution in [-0.2, 0) is 0 Å². The van der Waals surface area contributed by atoms with E-state index in [0.717, 1.165) is 19.6 Å². The van der Waals surface area contributed by atoms with E-state index in [1.807, 2.05) is 0 Å². The molecule has 1 saturated carbocycles. The maximum absolute atomic E-state index is 13.3. The first kappa shape index (κ1) is 13.2. The fourth-order valence-electron chi connectivity index (χ4n) is 3.18. The molecule has 0 bridgehead atoms. The highest BCUT2D eigenvalue weighted by molar-refractivity contribution is 5.11. The lowest BCUT2D eigenvalue weighted by Gasteiger charge is -2.47. The van der Waals surface area contributed by atoms with Crippen LogP contribution in [0, 0.1) is 0 Å². The van der Waals surface area contributed by atoms with Gasteiger partial charge in [0.2, 0.25) is 5.92 Å². The lowest BCUT2D eigenvalue weighted by atomic mass is 9.73. The second kappa shape index (κ2) is 4.14. The van der Waals surface area contributed by atoms with Crippen LogP contribution in [0.1, 0.15) is 39.0 Å². The third-order valence-electron chi connectivity index (χ3n) is 4.57. The summed E-state index contributed by atoms with van der Waals surface area (Å²) >= 11 is 0. The number of aliphatic hydroxyl groups is 1. The highest BCUT2D eigenvalue weighted by Gasteiger charge is 2.57. The molecule has 0 aromatic carbocycles. The molecule has 100 valence electrons. The number of nitrogens with two attached hydrogens (primary N) is 1. The van der Waals surface area contributed by atoms with Gasteiger partial charge in [-0.15, -0.1) is 0 Å². The van der Waals surface area contributed by atoms with Crippen LogP contribution in [-0.4, -0.2) is 46.7 Å². The summed E-state index contributed by atoms with van der Waals surface area (Å²) in [7, 11) is 0. The SMILES string of the molecule is CCN1CCC(O)(C2(N)CCC(F)(F)C2)CC1. The average Bonchev–Trinajstić information content (AvgIpc) is 2.56. The molecule has 1 unspecified atom stereocenters. The van der Waals surface area contributed by atoms with Crippen molar-refractivity contribution in [3.05, 3.63) is 0 Å². The largest absolute Gasteiger partial charge is 0.388 e. The van der Waals surface area contributed by atoms with Crippen LogP contribution in [0.5, 0.6) is 0 Å². The molecule has 1 aliphatic heterocycles. The number of hydrogen-bond acceptors (Lipinski definition) is 3. The smallest absolute Gasteiger partial charge is 0.250 e. The molecule has 17 heavy (non-hydrogen) atoms. The summed E-state index contributed by atoms with van der Waals surface area (Å²) in [6.45, 7) is 4.49. The third-order valence-corrected chi connectivity index (χ3v) is 4.57. The van der Waals surface area contributed by atoms with Crippen LogP contribution in [0.4, 0.5) is 8.78 Å². The van der Waals surface area contributed by atoms with E-state index in [9.17, 15) is 13.9 Å². The first-order chi connectivity index (χ1) is 7.80. The van der Waals surface area contributed by atoms with E-state index in [2.05, 4.69) is 11.8 Å². The number of hydrogen-bond donors (Lipinski definition) is 2. The minimum Gasteiger partial charge on any atom is -0.388 e. The van der Waals surface area contributed by atoms with Crippen molar-refractivity contribution in [1.29, 1.82) is 0 Å². The molecule has 0 aromatic rings. The zero-order chi connectivity index (χ0) is 12.7. The Balaban J connectivity index is 2.07. The number of nitrogens with zero attached hydrogens (tertiary/aromatic N) is 1. The highest BCUT2D eigenvalue weighted by atomic mass is 19.3. The number of halogens is 2. The Hall–Kier alpha value is -0.260. The van der Waals surface area contributed by atoms with E-state index in [1.54, 1.807) is 0 Å². The topological polar surface area (TPSA) is 49.5 Å². The van der Waals surface area contributed by atoms with Crippen molar-refractivity contribution in [2.24, 2.45) is 5.73 Å². The van der Waals surface area contributed by atoms with Crippen LogP contribution in [0.3, 0.4) is 0 Å². The Kier molecular flexibility index (Phi) is 3.21. The quantitative estimate of drug-likeness (QED) is 0.775. The summed E-state index contributed by atoms with van der Waals surface area (Å²) in [4.78, 5) is 2.21. The van der Waals surface area contributed by atoms with Crippen LogP contribution in [0.2, 0.25) is 0 Å². The third kappa shape index (κ3) is 2.33. The first-order valence-corrected chi connectivity index (χ1v) is 6.42. The van der Waals surface area contributed by atoms with Gasteiger partial charge in [-0.25, -0.2) is 8.78 Å². The molecule has 0 amide bonds. The van der Waals surface area contributed by atoms with Gasteiger partial charge in [0.25, 0.3) is 0 Å². The molecule has 5 heteroatoms. The van der Waals surface area contributed by atoms with Crippen molar-refractivity contribution in [3.63, 3.8) is 0 Å². The Morgan fingerprint density at radius 3 is 2.18 bits per heavy atom. The summed E-state index contributed by atoms with van der Waals surface area (Å²) in [6, 6.07) is 0. The first-order valence-electron chi connectivity index (χ1n) is 6.42. The summed E-state index contributed by atoms with van der Waals surface area (Å²) in [5, 5.41) is 10.6. The van der Waals surface area contributed by atoms with E-state index in [4.69, 9.17) is 5.73 Å². The van der Waals surface area contributed by atoms with E-state index in [1.165, 1.54) is 0 Å². The Morgan fingerprint density at radius 2 is 1.76 bits per heavy atom. The van der Waals surface area contributed by atoms with Crippen LogP contribution < -0.4 is 5.73 Å². The molecule has 2 rings (SSSR count). The zero-order valence-corrected chi connectivity index (χ0v) is 10.4. The number of alkyl halides is 2. The van der Waals surface area contributed by atoms with E-state index >= 15 is 0 Å². The summed E-state index contributed by atoms with van der Waals surface area (Å²) < 4.78 is 26.6. The average molecular weight is 248 g/mol. The summed E-state index contributed by atoms with van der Waals surface area (Å²) in [5.74, 6) is -2.70. The van der Waals surface area contributed by atoms with Gasteiger partial charge in [0.05, 0.1) is 11.1 Å². The van der Waals surface area contributed by atoms with Crippen LogP contribution in [0.15, 0.2) is 0 Å². The molecular weight excluding hydrogens is 226 g/mol.